The number of hydrogen-bond acceptors (Lipinski definition) is 6. The van der Waals surface area contributed by atoms with Crippen molar-refractivity contribution in [3.8, 4) is 5.75 Å². The van der Waals surface area contributed by atoms with Crippen LogP contribution in [0.25, 0.3) is 5.57 Å². The number of nitro groups is 1. The van der Waals surface area contributed by atoms with Crippen LogP contribution in [0.15, 0.2) is 78.5 Å². The van der Waals surface area contributed by atoms with E-state index >= 15 is 0 Å². The van der Waals surface area contributed by atoms with E-state index in [1.54, 1.807) is 24.3 Å². The van der Waals surface area contributed by atoms with Gasteiger partial charge in [-0.05, 0) is 53.4 Å². The lowest BCUT2D eigenvalue weighted by atomic mass is 10.0. The SMILES string of the molecule is COc1ccccc1N1C(=O)C(Nc2ccc(C(C)C)cc2)=C(c2ccc([N+](=O)[O-])cc2)C1=O. The Morgan fingerprint density at radius 3 is 2.15 bits per heavy atom. The number of nitrogens with zero attached hydrogens (tertiary/aromatic N) is 2. The molecule has 1 heterocycles. The molecular weight excluding hydrogens is 434 g/mol. The van der Waals surface area contributed by atoms with E-state index in [0.29, 0.717) is 28.6 Å². The third-order valence-electron chi connectivity index (χ3n) is 5.62. The summed E-state index contributed by atoms with van der Waals surface area (Å²) in [7, 11) is 1.46. The Labute approximate surface area is 196 Å². The van der Waals surface area contributed by atoms with Crippen LogP contribution in [0.4, 0.5) is 17.1 Å². The zero-order valence-corrected chi connectivity index (χ0v) is 18.9. The number of benzene rings is 3. The van der Waals surface area contributed by atoms with E-state index in [0.717, 1.165) is 10.5 Å². The molecule has 0 bridgehead atoms. The minimum Gasteiger partial charge on any atom is -0.495 e. The summed E-state index contributed by atoms with van der Waals surface area (Å²) in [5, 5.41) is 14.2. The number of anilines is 2. The van der Waals surface area contributed by atoms with Gasteiger partial charge in [-0.3, -0.25) is 19.7 Å². The number of nitro benzene ring substituents is 1. The molecule has 34 heavy (non-hydrogen) atoms. The molecule has 4 rings (SSSR count). The molecule has 0 saturated carbocycles. The zero-order chi connectivity index (χ0) is 24.4. The van der Waals surface area contributed by atoms with Crippen LogP contribution in [0.2, 0.25) is 0 Å². The van der Waals surface area contributed by atoms with Gasteiger partial charge in [0.2, 0.25) is 0 Å². The van der Waals surface area contributed by atoms with Gasteiger partial charge in [-0.15, -0.1) is 0 Å². The predicted molar refractivity (Wildman–Crippen MR) is 130 cm³/mol. The maximum Gasteiger partial charge on any atom is 0.282 e. The van der Waals surface area contributed by atoms with Crippen LogP contribution >= 0.6 is 0 Å². The maximum atomic E-state index is 13.6. The highest BCUT2D eigenvalue weighted by Gasteiger charge is 2.41. The van der Waals surface area contributed by atoms with Crippen molar-refractivity contribution in [3.63, 3.8) is 0 Å². The number of rotatable bonds is 7. The molecule has 0 atom stereocenters. The van der Waals surface area contributed by atoms with E-state index in [9.17, 15) is 19.7 Å². The van der Waals surface area contributed by atoms with Gasteiger partial charge in [-0.25, -0.2) is 4.90 Å². The number of nitrogens with one attached hydrogen (secondary N) is 1. The Hall–Kier alpha value is -4.46. The van der Waals surface area contributed by atoms with Crippen molar-refractivity contribution >= 4 is 34.4 Å². The Morgan fingerprint density at radius 1 is 0.912 bits per heavy atom. The first-order valence-electron chi connectivity index (χ1n) is 10.7. The number of carbonyl (C=O) groups is 2. The monoisotopic (exact) mass is 457 g/mol. The lowest BCUT2D eigenvalue weighted by Gasteiger charge is -2.18. The van der Waals surface area contributed by atoms with Crippen molar-refractivity contribution in [1.29, 1.82) is 0 Å². The maximum absolute atomic E-state index is 13.6. The molecule has 0 spiro atoms. The smallest absolute Gasteiger partial charge is 0.282 e. The van der Waals surface area contributed by atoms with E-state index in [2.05, 4.69) is 19.2 Å². The summed E-state index contributed by atoms with van der Waals surface area (Å²) in [6.07, 6.45) is 0. The quantitative estimate of drug-likeness (QED) is 0.300. The minimum atomic E-state index is -0.551. The molecule has 0 radical (unpaired) electrons. The van der Waals surface area contributed by atoms with Crippen molar-refractivity contribution in [1.82, 2.24) is 0 Å². The lowest BCUT2D eigenvalue weighted by molar-refractivity contribution is -0.384. The first-order valence-corrected chi connectivity index (χ1v) is 10.7. The van der Waals surface area contributed by atoms with Crippen molar-refractivity contribution in [2.45, 2.75) is 19.8 Å². The molecular formula is C26H23N3O5. The third kappa shape index (κ3) is 4.13. The summed E-state index contributed by atoms with van der Waals surface area (Å²) < 4.78 is 5.37. The van der Waals surface area contributed by atoms with Crippen molar-refractivity contribution in [2.75, 3.05) is 17.3 Å². The predicted octanol–water partition coefficient (Wildman–Crippen LogP) is 5.12. The molecule has 1 N–H and O–H groups in total. The molecule has 8 heteroatoms. The van der Waals surface area contributed by atoms with E-state index in [4.69, 9.17) is 4.74 Å². The van der Waals surface area contributed by atoms with Crippen LogP contribution < -0.4 is 15.0 Å². The summed E-state index contributed by atoms with van der Waals surface area (Å²) >= 11 is 0. The second-order valence-electron chi connectivity index (χ2n) is 8.07. The summed E-state index contributed by atoms with van der Waals surface area (Å²) in [5.74, 6) is -0.380. The number of non-ortho nitro benzene ring substituents is 1. The van der Waals surface area contributed by atoms with Crippen LogP contribution in [-0.2, 0) is 9.59 Å². The molecule has 0 fully saturated rings. The third-order valence-corrected chi connectivity index (χ3v) is 5.62. The van der Waals surface area contributed by atoms with Gasteiger partial charge >= 0.3 is 0 Å². The van der Waals surface area contributed by atoms with E-state index in [1.165, 1.54) is 31.4 Å². The molecule has 2 amide bonds. The highest BCUT2D eigenvalue weighted by molar-refractivity contribution is 6.46. The number of methoxy groups -OCH3 is 1. The number of carbonyl (C=O) groups excluding carboxylic acids is 2. The second-order valence-corrected chi connectivity index (χ2v) is 8.07. The fourth-order valence-electron chi connectivity index (χ4n) is 3.79. The molecule has 0 saturated heterocycles. The topological polar surface area (TPSA) is 102 Å². The van der Waals surface area contributed by atoms with E-state index in [-0.39, 0.29) is 17.0 Å². The van der Waals surface area contributed by atoms with Crippen LogP contribution in [0.3, 0.4) is 0 Å². The first-order chi connectivity index (χ1) is 16.3. The standard InChI is InChI=1S/C26H23N3O5/c1-16(2)17-8-12-19(13-9-17)27-24-23(18-10-14-20(15-11-18)29(32)33)25(30)28(26(24)31)21-6-4-5-7-22(21)34-3/h4-16,27H,1-3H3. The average Bonchev–Trinajstić information content (AvgIpc) is 3.08. The van der Waals surface area contributed by atoms with Gasteiger partial charge in [0.1, 0.15) is 11.4 Å². The normalized spacial score (nSPS) is 13.6. The zero-order valence-electron chi connectivity index (χ0n) is 18.9. The summed E-state index contributed by atoms with van der Waals surface area (Å²) in [5.41, 5.74) is 2.58. The average molecular weight is 457 g/mol. The van der Waals surface area contributed by atoms with Gasteiger partial charge in [0, 0.05) is 17.8 Å². The Morgan fingerprint density at radius 2 is 1.56 bits per heavy atom. The number of para-hydroxylation sites is 2. The van der Waals surface area contributed by atoms with Gasteiger partial charge in [0.15, 0.2) is 0 Å². The van der Waals surface area contributed by atoms with Crippen LogP contribution in [-0.4, -0.2) is 23.8 Å². The minimum absolute atomic E-state index is 0.0852. The van der Waals surface area contributed by atoms with Crippen LogP contribution in [0.5, 0.6) is 5.75 Å². The molecule has 0 aliphatic carbocycles. The number of ether oxygens (including phenoxy) is 1. The summed E-state index contributed by atoms with van der Waals surface area (Å²) in [6.45, 7) is 4.17. The largest absolute Gasteiger partial charge is 0.495 e. The Balaban J connectivity index is 1.81. The van der Waals surface area contributed by atoms with Gasteiger partial charge in [0.05, 0.1) is 23.3 Å². The van der Waals surface area contributed by atoms with E-state index < -0.39 is 16.7 Å². The number of hydrogen-bond donors (Lipinski definition) is 1. The van der Waals surface area contributed by atoms with Crippen molar-refractivity contribution in [3.05, 3.63) is 99.7 Å². The Bertz CT molecular complexity index is 1290. The van der Waals surface area contributed by atoms with Gasteiger partial charge in [-0.1, -0.05) is 38.1 Å². The molecule has 0 aromatic heterocycles. The van der Waals surface area contributed by atoms with Crippen molar-refractivity contribution < 1.29 is 19.2 Å². The molecule has 172 valence electrons. The molecule has 0 unspecified atom stereocenters. The lowest BCUT2D eigenvalue weighted by Crippen LogP contribution is -2.32. The van der Waals surface area contributed by atoms with Crippen molar-refractivity contribution in [2.24, 2.45) is 0 Å². The van der Waals surface area contributed by atoms with E-state index in [1.807, 2.05) is 24.3 Å². The number of imide groups is 1. The summed E-state index contributed by atoms with van der Waals surface area (Å²) in [4.78, 5) is 38.7. The second kappa shape index (κ2) is 9.19. The van der Waals surface area contributed by atoms with Gasteiger partial charge < -0.3 is 10.1 Å². The van der Waals surface area contributed by atoms with Gasteiger partial charge in [0.25, 0.3) is 17.5 Å². The molecule has 1 aliphatic rings. The van der Waals surface area contributed by atoms with Crippen LogP contribution in [0.1, 0.15) is 30.9 Å². The summed E-state index contributed by atoms with van der Waals surface area (Å²) in [6, 6.07) is 19.9. The highest BCUT2D eigenvalue weighted by atomic mass is 16.6. The fourth-order valence-corrected chi connectivity index (χ4v) is 3.79. The molecule has 3 aromatic rings. The number of amides is 2. The highest BCUT2D eigenvalue weighted by Crippen LogP contribution is 2.38. The molecule has 1 aliphatic heterocycles. The Kier molecular flexibility index (Phi) is 6.14. The molecule has 8 nitrogen and oxygen atoms in total. The molecule has 3 aromatic carbocycles. The first kappa shape index (κ1) is 22.7. The van der Waals surface area contributed by atoms with Gasteiger partial charge in [-0.2, -0.15) is 0 Å². The fraction of sp³-hybridized carbons (Fsp3) is 0.154. The van der Waals surface area contributed by atoms with Crippen LogP contribution in [0, 0.1) is 10.1 Å².